The van der Waals surface area contributed by atoms with Crippen LogP contribution in [0.25, 0.3) is 0 Å². The first-order valence-electron chi connectivity index (χ1n) is 10.6. The standard InChI is InChI=1S/C23H25N3O4S/c1-23(2,29)15-9-10-19-18(12-15)21(27)25-31(19,30)26-22(28)24-20-16-7-3-5-13(16)11-14-6-4-8-17(14)20/h9-12,29H,3-8H2,1-2H3,(H2,24,25,26,27,28,30). The van der Waals surface area contributed by atoms with Gasteiger partial charge in [-0.05, 0) is 92.3 Å². The van der Waals surface area contributed by atoms with Crippen LogP contribution < -0.4 is 10.0 Å². The number of nitrogens with one attached hydrogen (secondary N) is 2. The predicted molar refractivity (Wildman–Crippen MR) is 118 cm³/mol. The van der Waals surface area contributed by atoms with Gasteiger partial charge < -0.3 is 10.4 Å². The van der Waals surface area contributed by atoms with E-state index in [1.54, 1.807) is 19.9 Å². The molecule has 0 bridgehead atoms. The molecule has 5 rings (SSSR count). The lowest BCUT2D eigenvalue weighted by atomic mass is 9.96. The zero-order valence-electron chi connectivity index (χ0n) is 17.6. The molecule has 1 atom stereocenters. The third-order valence-corrected chi connectivity index (χ3v) is 8.21. The molecule has 0 saturated carbocycles. The first-order valence-corrected chi connectivity index (χ1v) is 12.1. The van der Waals surface area contributed by atoms with Crippen LogP contribution in [0.5, 0.6) is 0 Å². The molecular formula is C23H25N3O4S. The Morgan fingerprint density at radius 2 is 1.74 bits per heavy atom. The molecule has 0 aromatic heterocycles. The summed E-state index contributed by atoms with van der Waals surface area (Å²) in [6, 6.07) is 6.15. The lowest BCUT2D eigenvalue weighted by molar-refractivity contribution is 0.0784. The van der Waals surface area contributed by atoms with Crippen LogP contribution in [0.1, 0.15) is 64.9 Å². The Labute approximate surface area is 181 Å². The number of rotatable bonds is 2. The van der Waals surface area contributed by atoms with E-state index < -0.39 is 27.5 Å². The van der Waals surface area contributed by atoms with Gasteiger partial charge >= 0.3 is 6.03 Å². The van der Waals surface area contributed by atoms with Crippen molar-refractivity contribution in [2.24, 2.45) is 4.36 Å². The Morgan fingerprint density at radius 1 is 1.10 bits per heavy atom. The van der Waals surface area contributed by atoms with Crippen LogP contribution in [0.3, 0.4) is 0 Å². The van der Waals surface area contributed by atoms with Crippen molar-refractivity contribution in [3.63, 3.8) is 0 Å². The Kier molecular flexibility index (Phi) is 4.50. The van der Waals surface area contributed by atoms with Gasteiger partial charge in [0, 0.05) is 5.69 Å². The zero-order chi connectivity index (χ0) is 22.0. The number of aryl methyl sites for hydroxylation is 2. The number of aliphatic hydroxyl groups is 1. The molecule has 3 aliphatic rings. The van der Waals surface area contributed by atoms with Crippen molar-refractivity contribution in [3.8, 4) is 0 Å². The number of carbonyl (C=O) groups excluding carboxylic acids is 2. The highest BCUT2D eigenvalue weighted by Gasteiger charge is 2.34. The molecule has 0 spiro atoms. The second-order valence-electron chi connectivity index (χ2n) is 8.98. The van der Waals surface area contributed by atoms with Crippen molar-refractivity contribution in [1.29, 1.82) is 0 Å². The van der Waals surface area contributed by atoms with Gasteiger partial charge in [-0.25, -0.2) is 9.00 Å². The molecule has 31 heavy (non-hydrogen) atoms. The number of benzene rings is 2. The van der Waals surface area contributed by atoms with Gasteiger partial charge in [-0.1, -0.05) is 12.1 Å². The average Bonchev–Trinajstić information content (AvgIpc) is 3.40. The van der Waals surface area contributed by atoms with Crippen molar-refractivity contribution in [1.82, 2.24) is 4.72 Å². The molecule has 3 amide bonds. The average molecular weight is 440 g/mol. The summed E-state index contributed by atoms with van der Waals surface area (Å²) in [5.41, 5.74) is 5.22. The number of urea groups is 1. The van der Waals surface area contributed by atoms with E-state index in [0.717, 1.165) is 55.3 Å². The molecule has 2 aliphatic carbocycles. The molecule has 162 valence electrons. The Hall–Kier alpha value is -2.71. The van der Waals surface area contributed by atoms with Gasteiger partial charge in [0.2, 0.25) is 0 Å². The first-order chi connectivity index (χ1) is 14.7. The fourth-order valence-corrected chi connectivity index (χ4v) is 6.45. The Morgan fingerprint density at radius 3 is 2.35 bits per heavy atom. The van der Waals surface area contributed by atoms with Gasteiger partial charge in [0.25, 0.3) is 5.91 Å². The normalized spacial score (nSPS) is 21.3. The molecule has 1 aliphatic heterocycles. The maximum Gasteiger partial charge on any atom is 0.355 e. The lowest BCUT2D eigenvalue weighted by Crippen LogP contribution is -2.23. The van der Waals surface area contributed by atoms with E-state index in [9.17, 15) is 18.9 Å². The largest absolute Gasteiger partial charge is 0.386 e. The van der Waals surface area contributed by atoms with Gasteiger partial charge in [-0.2, -0.15) is 0 Å². The molecule has 3 N–H and O–H groups in total. The molecule has 0 radical (unpaired) electrons. The summed E-state index contributed by atoms with van der Waals surface area (Å²) in [6.07, 6.45) is 5.95. The first kappa shape index (κ1) is 20.2. The van der Waals surface area contributed by atoms with Gasteiger partial charge in [-0.15, -0.1) is 4.36 Å². The molecule has 2 aromatic rings. The van der Waals surface area contributed by atoms with Gasteiger partial charge in [-0.3, -0.25) is 9.52 Å². The van der Waals surface area contributed by atoms with Crippen LogP contribution in [-0.4, -0.2) is 21.3 Å². The van der Waals surface area contributed by atoms with Crippen molar-refractivity contribution in [2.75, 3.05) is 5.32 Å². The van der Waals surface area contributed by atoms with Gasteiger partial charge in [0.15, 0.2) is 9.92 Å². The van der Waals surface area contributed by atoms with E-state index in [0.29, 0.717) is 5.56 Å². The highest BCUT2D eigenvalue weighted by Crippen LogP contribution is 2.39. The Bertz CT molecular complexity index is 1230. The molecule has 0 saturated heterocycles. The SMILES string of the molecule is CC(C)(O)c1ccc2c(c1)C(=O)NS2(=O)=NC(=O)Nc1c2c(cc3c1CCC3)CCC2. The summed E-state index contributed by atoms with van der Waals surface area (Å²) in [6.45, 7) is 3.21. The Balaban J connectivity index is 1.52. The lowest BCUT2D eigenvalue weighted by Gasteiger charge is -2.18. The molecule has 1 unspecified atom stereocenters. The summed E-state index contributed by atoms with van der Waals surface area (Å²) < 4.78 is 19.7. The van der Waals surface area contributed by atoms with E-state index in [4.69, 9.17) is 0 Å². The summed E-state index contributed by atoms with van der Waals surface area (Å²) in [5.74, 6) is -0.566. The monoisotopic (exact) mass is 439 g/mol. The fraction of sp³-hybridized carbons (Fsp3) is 0.391. The number of nitrogens with zero attached hydrogens (tertiary/aromatic N) is 1. The molecule has 1 heterocycles. The van der Waals surface area contributed by atoms with Gasteiger partial charge in [0.1, 0.15) is 0 Å². The number of hydrogen-bond donors (Lipinski definition) is 3. The fourth-order valence-electron chi connectivity index (χ4n) is 4.85. The van der Waals surface area contributed by atoms with E-state index in [2.05, 4.69) is 20.5 Å². The van der Waals surface area contributed by atoms with E-state index in [-0.39, 0.29) is 10.5 Å². The smallest absolute Gasteiger partial charge is 0.355 e. The maximum atomic E-state index is 13.4. The minimum atomic E-state index is -3.44. The number of carbonyl (C=O) groups is 2. The molecule has 7 nitrogen and oxygen atoms in total. The third-order valence-electron chi connectivity index (χ3n) is 6.38. The number of anilines is 1. The topological polar surface area (TPSA) is 108 Å². The summed E-state index contributed by atoms with van der Waals surface area (Å²) in [7, 11) is -3.44. The van der Waals surface area contributed by atoms with E-state index in [1.807, 2.05) is 0 Å². The van der Waals surface area contributed by atoms with Crippen LogP contribution in [0.2, 0.25) is 0 Å². The van der Waals surface area contributed by atoms with Crippen LogP contribution in [0.4, 0.5) is 10.5 Å². The summed E-state index contributed by atoms with van der Waals surface area (Å²) in [4.78, 5) is 25.5. The van der Waals surface area contributed by atoms with Crippen LogP contribution in [0, 0.1) is 0 Å². The second-order valence-corrected chi connectivity index (χ2v) is 10.9. The quantitative estimate of drug-likeness (QED) is 0.664. The van der Waals surface area contributed by atoms with E-state index >= 15 is 0 Å². The second kappa shape index (κ2) is 6.90. The van der Waals surface area contributed by atoms with Crippen molar-refractivity contribution in [3.05, 3.63) is 57.6 Å². The third kappa shape index (κ3) is 3.34. The molecular weight excluding hydrogens is 414 g/mol. The maximum absolute atomic E-state index is 13.4. The number of hydrogen-bond acceptors (Lipinski definition) is 4. The summed E-state index contributed by atoms with van der Waals surface area (Å²) >= 11 is 0. The molecule has 8 heteroatoms. The van der Waals surface area contributed by atoms with Crippen molar-refractivity contribution >= 4 is 27.5 Å². The minimum Gasteiger partial charge on any atom is -0.386 e. The van der Waals surface area contributed by atoms with Crippen LogP contribution >= 0.6 is 0 Å². The van der Waals surface area contributed by atoms with Crippen molar-refractivity contribution < 1.29 is 18.9 Å². The number of fused-ring (bicyclic) bond motifs is 3. The molecule has 2 aromatic carbocycles. The van der Waals surface area contributed by atoms with Crippen LogP contribution in [0.15, 0.2) is 33.5 Å². The van der Waals surface area contributed by atoms with Gasteiger partial charge in [0.05, 0.1) is 16.1 Å². The molecule has 0 fully saturated rings. The zero-order valence-corrected chi connectivity index (χ0v) is 18.4. The minimum absolute atomic E-state index is 0.169. The highest BCUT2D eigenvalue weighted by atomic mass is 32.2. The summed E-state index contributed by atoms with van der Waals surface area (Å²) in [5, 5.41) is 13.1. The van der Waals surface area contributed by atoms with Crippen LogP contribution in [-0.2, 0) is 41.2 Å². The predicted octanol–water partition coefficient (Wildman–Crippen LogP) is 3.61. The highest BCUT2D eigenvalue weighted by molar-refractivity contribution is 7.93. The van der Waals surface area contributed by atoms with Crippen molar-refractivity contribution in [2.45, 2.75) is 62.9 Å². The number of amides is 3. The van der Waals surface area contributed by atoms with E-state index in [1.165, 1.54) is 23.3 Å².